The van der Waals surface area contributed by atoms with Crippen LogP contribution in [0.5, 0.6) is 11.5 Å². The maximum Gasteiger partial charge on any atom is 0.328 e. The van der Waals surface area contributed by atoms with Crippen molar-refractivity contribution in [3.63, 3.8) is 0 Å². The molecule has 0 radical (unpaired) electrons. The van der Waals surface area contributed by atoms with Gasteiger partial charge < -0.3 is 31.1 Å². The first-order valence-corrected chi connectivity index (χ1v) is 22.2. The number of rotatable bonds is 14. The summed E-state index contributed by atoms with van der Waals surface area (Å²) in [6, 6.07) is 27.7. The van der Waals surface area contributed by atoms with Crippen LogP contribution in [-0.4, -0.2) is 70.1 Å². The average Bonchev–Trinajstić information content (AvgIpc) is 3.29. The molecule has 0 spiro atoms. The molecule has 0 saturated carbocycles. The topological polar surface area (TPSA) is 331 Å². The van der Waals surface area contributed by atoms with Gasteiger partial charge in [-0.3, -0.25) is 18.7 Å². The number of azo groups is 2. The van der Waals surface area contributed by atoms with E-state index < -0.39 is 76.7 Å². The van der Waals surface area contributed by atoms with Crippen LogP contribution in [0.3, 0.4) is 0 Å². The van der Waals surface area contributed by atoms with Crippen LogP contribution in [0.4, 0.5) is 34.1 Å². The molecular weight excluding hydrogens is 925 g/mol. The predicted octanol–water partition coefficient (Wildman–Crippen LogP) is 9.43. The Labute approximate surface area is 384 Å². The number of anilines is 2. The summed E-state index contributed by atoms with van der Waals surface area (Å²) in [5.41, 5.74) is 0.873. The van der Waals surface area contributed by atoms with Gasteiger partial charge >= 0.3 is 11.9 Å². The number of aliphatic carboxylic acids is 2. The molecule has 0 heterocycles. The number of carbonyl (C=O) groups excluding carboxylic acids is 2. The van der Waals surface area contributed by atoms with Gasteiger partial charge in [-0.1, -0.05) is 24.3 Å². The van der Waals surface area contributed by atoms with Gasteiger partial charge in [-0.2, -0.15) is 27.1 Å². The number of nitrogens with zero attached hydrogens (tertiary/aromatic N) is 4. The molecule has 22 heteroatoms. The number of aromatic hydroxyl groups is 2. The van der Waals surface area contributed by atoms with Crippen LogP contribution < -0.4 is 10.6 Å². The number of phenols is 2. The minimum absolute atomic E-state index is 0.0887. The van der Waals surface area contributed by atoms with Crippen LogP contribution in [-0.2, 0) is 29.8 Å². The summed E-state index contributed by atoms with van der Waals surface area (Å²) < 4.78 is 69.6. The summed E-state index contributed by atoms with van der Waals surface area (Å²) in [5.74, 6) is -4.85. The highest BCUT2D eigenvalue weighted by Crippen LogP contribution is 2.43. The molecule has 0 aromatic heterocycles. The number of benzene rings is 7. The zero-order valence-electron chi connectivity index (χ0n) is 34.4. The molecule has 342 valence electrons. The van der Waals surface area contributed by atoms with E-state index in [-0.39, 0.29) is 55.4 Å². The third kappa shape index (κ3) is 11.1. The van der Waals surface area contributed by atoms with Crippen LogP contribution in [0.15, 0.2) is 164 Å². The smallest absolute Gasteiger partial charge is 0.328 e. The summed E-state index contributed by atoms with van der Waals surface area (Å²) in [5, 5.41) is 61.0. The lowest BCUT2D eigenvalue weighted by atomic mass is 10.1. The Hall–Kier alpha value is -8.96. The Morgan fingerprint density at radius 1 is 0.471 bits per heavy atom. The third-order valence-corrected chi connectivity index (χ3v) is 11.5. The van der Waals surface area contributed by atoms with Gasteiger partial charge in [0, 0.05) is 45.4 Å². The minimum atomic E-state index is -4.98. The summed E-state index contributed by atoms with van der Waals surface area (Å²) >= 11 is 0. The maximum atomic E-state index is 13.3. The van der Waals surface area contributed by atoms with E-state index in [0.717, 1.165) is 24.3 Å². The lowest BCUT2D eigenvalue weighted by Crippen LogP contribution is -2.14. The maximum absolute atomic E-state index is 13.3. The van der Waals surface area contributed by atoms with Gasteiger partial charge in [-0.05, 0) is 131 Å². The summed E-state index contributed by atoms with van der Waals surface area (Å²) in [6.07, 6.45) is 4.56. The van der Waals surface area contributed by atoms with E-state index in [4.69, 9.17) is 10.2 Å². The van der Waals surface area contributed by atoms with Gasteiger partial charge in [-0.25, -0.2) is 9.59 Å². The summed E-state index contributed by atoms with van der Waals surface area (Å²) in [7, 11) is -9.95. The first-order valence-electron chi connectivity index (χ1n) is 19.4. The van der Waals surface area contributed by atoms with Crippen molar-refractivity contribution in [1.29, 1.82) is 0 Å². The average molecular weight is 957 g/mol. The van der Waals surface area contributed by atoms with Gasteiger partial charge in [0.15, 0.2) is 11.5 Å². The van der Waals surface area contributed by atoms with Crippen LogP contribution >= 0.6 is 0 Å². The monoisotopic (exact) mass is 956 g/mol. The fourth-order valence-corrected chi connectivity index (χ4v) is 7.80. The van der Waals surface area contributed by atoms with Crippen LogP contribution in [0, 0.1) is 0 Å². The number of phenolic OH excluding ortho intramolecular Hbond substituents is 2. The van der Waals surface area contributed by atoms with Crippen molar-refractivity contribution in [2.24, 2.45) is 20.5 Å². The van der Waals surface area contributed by atoms with Crippen molar-refractivity contribution in [3.05, 3.63) is 156 Å². The lowest BCUT2D eigenvalue weighted by Gasteiger charge is -2.12. The second kappa shape index (κ2) is 19.3. The molecule has 8 N–H and O–H groups in total. The number of carboxylic acids is 2. The molecular formula is C46H32N6O14S2. The largest absolute Gasteiger partial charge is 0.505 e. The quantitative estimate of drug-likeness (QED) is 0.0286. The SMILES string of the molecule is O=C(O)/C=C/c1ccc(N=Nc2c(S(=O)(=O)O)cc3cc(NC(=O)c4ccc(C(=O)Nc5ccc6c(O)c(N=Nc7ccc(/C=C/C(=O)O)cc7)c(S(=O)(=O)O)cc6c5)cc4)ccc3c2O)cc1. The number of nitrogens with one attached hydrogen (secondary N) is 2. The molecule has 0 bridgehead atoms. The molecule has 0 aliphatic carbocycles. The number of carbonyl (C=O) groups is 4. The Morgan fingerprint density at radius 2 is 0.824 bits per heavy atom. The second-order valence-electron chi connectivity index (χ2n) is 14.4. The van der Waals surface area contributed by atoms with Crippen molar-refractivity contribution in [1.82, 2.24) is 0 Å². The van der Waals surface area contributed by atoms with Crippen molar-refractivity contribution in [2.75, 3.05) is 10.6 Å². The van der Waals surface area contributed by atoms with E-state index in [0.29, 0.717) is 11.1 Å². The molecule has 68 heavy (non-hydrogen) atoms. The second-order valence-corrected chi connectivity index (χ2v) is 17.2. The van der Waals surface area contributed by atoms with Crippen molar-refractivity contribution in [3.8, 4) is 11.5 Å². The van der Waals surface area contributed by atoms with Crippen LogP contribution in [0.1, 0.15) is 31.8 Å². The Kier molecular flexibility index (Phi) is 13.3. The summed E-state index contributed by atoms with van der Waals surface area (Å²) in [4.78, 5) is 46.5. The molecule has 0 aliphatic heterocycles. The molecule has 0 unspecified atom stereocenters. The van der Waals surface area contributed by atoms with Gasteiger partial charge in [0.2, 0.25) is 0 Å². The van der Waals surface area contributed by atoms with E-state index in [2.05, 4.69) is 31.1 Å². The highest BCUT2D eigenvalue weighted by Gasteiger charge is 2.24. The molecule has 7 aromatic rings. The number of amides is 2. The van der Waals surface area contributed by atoms with Gasteiger partial charge in [0.25, 0.3) is 32.1 Å². The Bertz CT molecular complexity index is 3320. The van der Waals surface area contributed by atoms with Crippen molar-refractivity contribution < 1.29 is 65.5 Å². The Balaban J connectivity index is 1.05. The molecule has 20 nitrogen and oxygen atoms in total. The van der Waals surface area contributed by atoms with E-state index in [1.807, 2.05) is 0 Å². The molecule has 0 atom stereocenters. The molecule has 7 aromatic carbocycles. The van der Waals surface area contributed by atoms with Crippen molar-refractivity contribution in [2.45, 2.75) is 9.79 Å². The molecule has 0 saturated heterocycles. The summed E-state index contributed by atoms with van der Waals surface area (Å²) in [6.45, 7) is 0. The molecule has 0 fully saturated rings. The van der Waals surface area contributed by atoms with Gasteiger partial charge in [-0.15, -0.1) is 10.2 Å². The first-order chi connectivity index (χ1) is 32.2. The highest BCUT2D eigenvalue weighted by atomic mass is 32.2. The zero-order valence-corrected chi connectivity index (χ0v) is 36.0. The van der Waals surface area contributed by atoms with E-state index >= 15 is 0 Å². The number of carboxylic acid groups (broad SMARTS) is 2. The van der Waals surface area contributed by atoms with Gasteiger partial charge in [0.1, 0.15) is 21.2 Å². The zero-order chi connectivity index (χ0) is 48.9. The van der Waals surface area contributed by atoms with E-state index in [1.165, 1.54) is 121 Å². The lowest BCUT2D eigenvalue weighted by molar-refractivity contribution is -0.132. The fraction of sp³-hybridized carbons (Fsp3) is 0. The normalized spacial score (nSPS) is 12.1. The first kappa shape index (κ1) is 47.0. The number of hydrogen-bond acceptors (Lipinski definition) is 14. The standard InChI is InChI=1S/C46H32N6O14S2/c53-39(54)19-5-25-1-11-31(12-2-25)49-51-41-37(67(61,62)63)23-29-21-33(15-17-35(29)43(41)57)47-45(59)27-7-9-28(10-8-27)46(60)48-34-16-18-36-30(22-34)24-38(68(64,65)66)42(44(36)58)52-50-32-13-3-26(4-14-32)6-20-40(55)56/h1-24,57-58H,(H,47,59)(H,48,60)(H,53,54)(H,55,56)(H,61,62,63)(H,64,65,66)/b19-5+,20-6+,51-49?,52-50?. The van der Waals surface area contributed by atoms with Crippen molar-refractivity contribution >= 4 is 112 Å². The van der Waals surface area contributed by atoms with Crippen LogP contribution in [0.25, 0.3) is 33.7 Å². The Morgan fingerprint density at radius 3 is 1.15 bits per heavy atom. The number of hydrogen-bond donors (Lipinski definition) is 8. The third-order valence-electron chi connectivity index (χ3n) is 9.74. The molecule has 0 aliphatic rings. The highest BCUT2D eigenvalue weighted by molar-refractivity contribution is 7.86. The van der Waals surface area contributed by atoms with E-state index in [9.17, 15) is 55.3 Å². The van der Waals surface area contributed by atoms with Gasteiger partial charge in [0.05, 0.1) is 11.4 Å². The molecule has 7 rings (SSSR count). The predicted molar refractivity (Wildman–Crippen MR) is 248 cm³/mol. The van der Waals surface area contributed by atoms with Crippen LogP contribution in [0.2, 0.25) is 0 Å². The van der Waals surface area contributed by atoms with E-state index in [1.54, 1.807) is 0 Å². The fourth-order valence-electron chi connectivity index (χ4n) is 6.48. The molecule has 2 amide bonds. The minimum Gasteiger partial charge on any atom is -0.505 e. The number of fused-ring (bicyclic) bond motifs is 2.